The van der Waals surface area contributed by atoms with Crippen LogP contribution in [0.4, 0.5) is 23.0 Å². The molecule has 0 amide bonds. The van der Waals surface area contributed by atoms with E-state index in [2.05, 4.69) is 15.3 Å². The van der Waals surface area contributed by atoms with Crippen LogP contribution in [0.15, 0.2) is 30.3 Å². The molecule has 0 aliphatic carbocycles. The van der Waals surface area contributed by atoms with Crippen LogP contribution in [0.3, 0.4) is 0 Å². The van der Waals surface area contributed by atoms with Gasteiger partial charge in [0.15, 0.2) is 5.82 Å². The van der Waals surface area contributed by atoms with Gasteiger partial charge in [-0.25, -0.2) is 4.85 Å². The number of rotatable bonds is 3. The fourth-order valence-corrected chi connectivity index (χ4v) is 1.56. The summed E-state index contributed by atoms with van der Waals surface area (Å²) in [5, 5.41) is 7.35. The van der Waals surface area contributed by atoms with Crippen molar-refractivity contribution in [2.75, 3.05) is 11.1 Å². The molecule has 0 aliphatic rings. The van der Waals surface area contributed by atoms with Crippen LogP contribution in [0, 0.1) is 6.57 Å². The van der Waals surface area contributed by atoms with Gasteiger partial charge in [0.1, 0.15) is 5.82 Å². The van der Waals surface area contributed by atoms with Gasteiger partial charge in [0, 0.05) is 12.2 Å². The number of nitrogen functional groups attached to an aromatic ring is 1. The van der Waals surface area contributed by atoms with Crippen molar-refractivity contribution in [3.63, 3.8) is 0 Å². The maximum absolute atomic E-state index is 7.13. The molecule has 1 aromatic heterocycles. The molecule has 2 aromatic rings. The number of nitrogens with one attached hydrogen (secondary N) is 1. The Morgan fingerprint density at radius 1 is 1.41 bits per heavy atom. The molecular formula is C12H13N5. The summed E-state index contributed by atoms with van der Waals surface area (Å²) in [6.45, 7) is 9.71. The first-order chi connectivity index (χ1) is 8.26. The second-order valence-electron chi connectivity index (χ2n) is 3.50. The Bertz CT molecular complexity index is 550. The number of anilines is 3. The van der Waals surface area contributed by atoms with Crippen molar-refractivity contribution in [3.05, 3.63) is 41.7 Å². The first-order valence-corrected chi connectivity index (χ1v) is 5.32. The third-order valence-electron chi connectivity index (χ3n) is 2.41. The fraction of sp³-hybridized carbons (Fsp3) is 0.167. The van der Waals surface area contributed by atoms with Crippen molar-refractivity contribution < 1.29 is 0 Å². The summed E-state index contributed by atoms with van der Waals surface area (Å²) in [5.41, 5.74) is 7.08. The maximum atomic E-state index is 7.13. The van der Waals surface area contributed by atoms with Crippen LogP contribution in [-0.4, -0.2) is 9.78 Å². The Morgan fingerprint density at radius 3 is 2.71 bits per heavy atom. The highest BCUT2D eigenvalue weighted by Crippen LogP contribution is 2.33. The third kappa shape index (κ3) is 2.06. The molecule has 0 aliphatic heterocycles. The third-order valence-corrected chi connectivity index (χ3v) is 2.41. The van der Waals surface area contributed by atoms with Gasteiger partial charge >= 0.3 is 0 Å². The van der Waals surface area contributed by atoms with Crippen LogP contribution in [0.2, 0.25) is 0 Å². The van der Waals surface area contributed by atoms with Gasteiger partial charge in [-0.3, -0.25) is 4.68 Å². The van der Waals surface area contributed by atoms with Gasteiger partial charge in [0.05, 0.1) is 6.57 Å². The lowest BCUT2D eigenvalue weighted by Crippen LogP contribution is -2.01. The van der Waals surface area contributed by atoms with Crippen molar-refractivity contribution >= 4 is 23.0 Å². The Labute approximate surface area is 99.7 Å². The Balaban J connectivity index is 2.37. The van der Waals surface area contributed by atoms with Crippen molar-refractivity contribution in [2.45, 2.75) is 13.5 Å². The van der Waals surface area contributed by atoms with Crippen LogP contribution in [0.5, 0.6) is 0 Å². The summed E-state index contributed by atoms with van der Waals surface area (Å²) in [4.78, 5) is 3.41. The quantitative estimate of drug-likeness (QED) is 0.792. The number of para-hydroxylation sites is 1. The first-order valence-electron chi connectivity index (χ1n) is 5.32. The van der Waals surface area contributed by atoms with Crippen molar-refractivity contribution in [1.82, 2.24) is 9.78 Å². The molecule has 1 heterocycles. The van der Waals surface area contributed by atoms with Gasteiger partial charge in [-0.2, -0.15) is 5.10 Å². The molecule has 17 heavy (non-hydrogen) atoms. The lowest BCUT2D eigenvalue weighted by Gasteiger charge is -2.02. The van der Waals surface area contributed by atoms with Crippen LogP contribution in [0.1, 0.15) is 6.92 Å². The SMILES string of the molecule is [C-]#[N+]c1c(Nc2ccccc2)nn(CC)c1N. The summed E-state index contributed by atoms with van der Waals surface area (Å²) in [7, 11) is 0. The molecule has 0 radical (unpaired) electrons. The fourth-order valence-electron chi connectivity index (χ4n) is 1.56. The molecule has 2 rings (SSSR count). The smallest absolute Gasteiger partial charge is 0.270 e. The van der Waals surface area contributed by atoms with Gasteiger partial charge in [0.25, 0.3) is 5.69 Å². The molecule has 1 aromatic carbocycles. The Kier molecular flexibility index (Phi) is 2.97. The van der Waals surface area contributed by atoms with E-state index in [4.69, 9.17) is 12.3 Å². The highest BCUT2D eigenvalue weighted by Gasteiger charge is 2.14. The molecule has 0 saturated heterocycles. The molecule has 0 spiro atoms. The molecule has 0 saturated carbocycles. The second-order valence-corrected chi connectivity index (χ2v) is 3.50. The highest BCUT2D eigenvalue weighted by molar-refractivity contribution is 5.80. The van der Waals surface area contributed by atoms with Gasteiger partial charge in [-0.1, -0.05) is 18.2 Å². The van der Waals surface area contributed by atoms with E-state index in [1.165, 1.54) is 0 Å². The number of aryl methyl sites for hydroxylation is 1. The topological polar surface area (TPSA) is 60.2 Å². The molecule has 0 bridgehead atoms. The second kappa shape index (κ2) is 4.58. The van der Waals surface area contributed by atoms with E-state index in [-0.39, 0.29) is 0 Å². The molecule has 3 N–H and O–H groups in total. The minimum atomic E-state index is 0.371. The van der Waals surface area contributed by atoms with Crippen molar-refractivity contribution in [3.8, 4) is 0 Å². The van der Waals surface area contributed by atoms with Crippen LogP contribution in [-0.2, 0) is 6.54 Å². The Morgan fingerprint density at radius 2 is 2.12 bits per heavy atom. The standard InChI is InChI=1S/C12H13N5/c1-3-17-11(13)10(14-2)12(16-17)15-9-7-5-4-6-8-9/h4-8H,3,13H2,1H3,(H,15,16). The van der Waals surface area contributed by atoms with Crippen LogP contribution < -0.4 is 11.1 Å². The summed E-state index contributed by atoms with van der Waals surface area (Å²) < 4.78 is 1.61. The lowest BCUT2D eigenvalue weighted by atomic mass is 10.3. The van der Waals surface area contributed by atoms with Gasteiger partial charge in [0.2, 0.25) is 0 Å². The summed E-state index contributed by atoms with van der Waals surface area (Å²) in [6.07, 6.45) is 0. The van der Waals surface area contributed by atoms with Crippen molar-refractivity contribution in [1.29, 1.82) is 0 Å². The van der Waals surface area contributed by atoms with E-state index in [1.807, 2.05) is 37.3 Å². The molecule has 0 fully saturated rings. The zero-order valence-electron chi connectivity index (χ0n) is 9.51. The van der Waals surface area contributed by atoms with E-state index in [1.54, 1.807) is 4.68 Å². The van der Waals surface area contributed by atoms with Gasteiger partial charge in [-0.05, 0) is 19.1 Å². The summed E-state index contributed by atoms with van der Waals surface area (Å²) in [5.74, 6) is 0.909. The van der Waals surface area contributed by atoms with E-state index < -0.39 is 0 Å². The normalized spacial score (nSPS) is 9.88. The predicted octanol–water partition coefficient (Wildman–Crippen LogP) is 2.78. The van der Waals surface area contributed by atoms with Crippen LogP contribution >= 0.6 is 0 Å². The molecular weight excluding hydrogens is 214 g/mol. The van der Waals surface area contributed by atoms with E-state index >= 15 is 0 Å². The first kappa shape index (κ1) is 11.0. The number of nitrogens with two attached hydrogens (primary N) is 1. The summed E-state index contributed by atoms with van der Waals surface area (Å²) in [6, 6.07) is 9.59. The lowest BCUT2D eigenvalue weighted by molar-refractivity contribution is 0.673. The van der Waals surface area contributed by atoms with Gasteiger partial charge in [-0.15, -0.1) is 0 Å². The Hall–Kier alpha value is -2.48. The van der Waals surface area contributed by atoms with Gasteiger partial charge < -0.3 is 11.1 Å². The number of nitrogens with zero attached hydrogens (tertiary/aromatic N) is 3. The number of aromatic nitrogens is 2. The minimum absolute atomic E-state index is 0.371. The van der Waals surface area contributed by atoms with E-state index in [0.29, 0.717) is 23.9 Å². The zero-order chi connectivity index (χ0) is 12.3. The number of hydrogen-bond acceptors (Lipinski definition) is 3. The maximum Gasteiger partial charge on any atom is 0.270 e. The minimum Gasteiger partial charge on any atom is -0.393 e. The molecule has 0 unspecified atom stereocenters. The predicted molar refractivity (Wildman–Crippen MR) is 68.3 cm³/mol. The molecule has 5 nitrogen and oxygen atoms in total. The largest absolute Gasteiger partial charge is 0.393 e. The average molecular weight is 227 g/mol. The molecule has 5 heteroatoms. The monoisotopic (exact) mass is 227 g/mol. The molecule has 86 valence electrons. The number of hydrogen-bond donors (Lipinski definition) is 2. The van der Waals surface area contributed by atoms with Crippen molar-refractivity contribution in [2.24, 2.45) is 0 Å². The zero-order valence-corrected chi connectivity index (χ0v) is 9.51. The number of benzene rings is 1. The highest BCUT2D eigenvalue weighted by atomic mass is 15.4. The van der Waals surface area contributed by atoms with E-state index in [0.717, 1.165) is 5.69 Å². The van der Waals surface area contributed by atoms with E-state index in [9.17, 15) is 0 Å². The molecule has 0 atom stereocenters. The average Bonchev–Trinajstić information content (AvgIpc) is 2.66. The summed E-state index contributed by atoms with van der Waals surface area (Å²) >= 11 is 0. The van der Waals surface area contributed by atoms with Crippen LogP contribution in [0.25, 0.3) is 4.85 Å².